The molecule has 0 aromatic heterocycles. The van der Waals surface area contributed by atoms with Crippen molar-refractivity contribution < 1.29 is 9.72 Å². The molecular formula is C15H21N3O3. The first-order chi connectivity index (χ1) is 9.93. The number of nitrogens with two attached hydrogens (primary N) is 1. The van der Waals surface area contributed by atoms with Crippen molar-refractivity contribution in [3.63, 3.8) is 0 Å². The molecule has 0 saturated carbocycles. The number of carbonyl (C=O) groups is 1. The minimum atomic E-state index is -0.451. The van der Waals surface area contributed by atoms with Gasteiger partial charge in [0, 0.05) is 36.3 Å². The highest BCUT2D eigenvalue weighted by atomic mass is 16.6. The molecule has 21 heavy (non-hydrogen) atoms. The van der Waals surface area contributed by atoms with Crippen molar-refractivity contribution in [2.75, 3.05) is 13.1 Å². The lowest BCUT2D eigenvalue weighted by Crippen LogP contribution is -2.49. The third-order valence-corrected chi connectivity index (χ3v) is 4.26. The van der Waals surface area contributed by atoms with Gasteiger partial charge < -0.3 is 10.6 Å². The van der Waals surface area contributed by atoms with E-state index in [4.69, 9.17) is 5.73 Å². The summed E-state index contributed by atoms with van der Waals surface area (Å²) in [5, 5.41) is 11.0. The zero-order valence-corrected chi connectivity index (χ0v) is 12.4. The summed E-state index contributed by atoms with van der Waals surface area (Å²) in [4.78, 5) is 24.8. The van der Waals surface area contributed by atoms with Crippen LogP contribution in [0, 0.1) is 23.0 Å². The third-order valence-electron chi connectivity index (χ3n) is 4.26. The van der Waals surface area contributed by atoms with Gasteiger partial charge in [-0.15, -0.1) is 0 Å². The van der Waals surface area contributed by atoms with Gasteiger partial charge in [-0.05, 0) is 25.3 Å². The normalized spacial score (nSPS) is 22.1. The molecule has 2 unspecified atom stereocenters. The molecule has 1 aromatic carbocycles. The van der Waals surface area contributed by atoms with Crippen molar-refractivity contribution in [1.82, 2.24) is 4.90 Å². The minimum Gasteiger partial charge on any atom is -0.338 e. The highest BCUT2D eigenvalue weighted by molar-refractivity contribution is 5.95. The van der Waals surface area contributed by atoms with Crippen LogP contribution >= 0.6 is 0 Å². The number of carbonyl (C=O) groups excluding carboxylic acids is 1. The first-order valence-electron chi connectivity index (χ1n) is 7.24. The molecule has 0 spiro atoms. The van der Waals surface area contributed by atoms with Gasteiger partial charge in [-0.3, -0.25) is 14.9 Å². The molecule has 0 aliphatic carbocycles. The SMILES string of the molecule is CCC1CN(C(=O)c2ccc(C)c([N+](=O)[O-])c2)CCC1N. The van der Waals surface area contributed by atoms with E-state index in [-0.39, 0.29) is 17.6 Å². The number of rotatable bonds is 3. The van der Waals surface area contributed by atoms with Crippen LogP contribution in [0.3, 0.4) is 0 Å². The smallest absolute Gasteiger partial charge is 0.273 e. The summed E-state index contributed by atoms with van der Waals surface area (Å²) in [6.07, 6.45) is 1.71. The van der Waals surface area contributed by atoms with E-state index in [0.29, 0.717) is 30.1 Å². The summed E-state index contributed by atoms with van der Waals surface area (Å²) in [5.74, 6) is 0.145. The van der Waals surface area contributed by atoms with E-state index >= 15 is 0 Å². The van der Waals surface area contributed by atoms with Gasteiger partial charge in [0.25, 0.3) is 11.6 Å². The molecule has 1 aliphatic heterocycles. The Hall–Kier alpha value is -1.95. The van der Waals surface area contributed by atoms with Gasteiger partial charge in [0.05, 0.1) is 4.92 Å². The fourth-order valence-electron chi connectivity index (χ4n) is 2.79. The van der Waals surface area contributed by atoms with E-state index in [1.165, 1.54) is 6.07 Å². The van der Waals surface area contributed by atoms with E-state index in [9.17, 15) is 14.9 Å². The molecule has 1 heterocycles. The van der Waals surface area contributed by atoms with Crippen molar-refractivity contribution in [2.45, 2.75) is 32.7 Å². The fourth-order valence-corrected chi connectivity index (χ4v) is 2.79. The molecule has 1 saturated heterocycles. The minimum absolute atomic E-state index is 0.0124. The van der Waals surface area contributed by atoms with Crippen molar-refractivity contribution in [1.29, 1.82) is 0 Å². The van der Waals surface area contributed by atoms with Crippen molar-refractivity contribution in [3.05, 3.63) is 39.4 Å². The number of benzene rings is 1. The van der Waals surface area contributed by atoms with Gasteiger partial charge in [0.15, 0.2) is 0 Å². The van der Waals surface area contributed by atoms with Gasteiger partial charge in [0.1, 0.15) is 0 Å². The average molecular weight is 291 g/mol. The quantitative estimate of drug-likeness (QED) is 0.682. The van der Waals surface area contributed by atoms with Crippen LogP contribution in [0.5, 0.6) is 0 Å². The molecule has 6 heteroatoms. The van der Waals surface area contributed by atoms with Crippen LogP contribution in [0.2, 0.25) is 0 Å². The summed E-state index contributed by atoms with van der Waals surface area (Å²) in [6, 6.07) is 4.78. The molecule has 1 amide bonds. The Morgan fingerprint density at radius 2 is 2.24 bits per heavy atom. The maximum absolute atomic E-state index is 12.5. The highest BCUT2D eigenvalue weighted by Crippen LogP contribution is 2.23. The molecule has 1 fully saturated rings. The zero-order valence-electron chi connectivity index (χ0n) is 12.4. The number of aryl methyl sites for hydroxylation is 1. The highest BCUT2D eigenvalue weighted by Gasteiger charge is 2.29. The molecule has 0 radical (unpaired) electrons. The molecule has 2 rings (SSSR count). The number of nitrogens with zero attached hydrogens (tertiary/aromatic N) is 2. The second-order valence-electron chi connectivity index (χ2n) is 5.63. The van der Waals surface area contributed by atoms with Gasteiger partial charge >= 0.3 is 0 Å². The number of hydrogen-bond donors (Lipinski definition) is 1. The monoisotopic (exact) mass is 291 g/mol. The van der Waals surface area contributed by atoms with E-state index in [2.05, 4.69) is 6.92 Å². The fraction of sp³-hybridized carbons (Fsp3) is 0.533. The summed E-state index contributed by atoms with van der Waals surface area (Å²) in [5.41, 5.74) is 6.97. The topological polar surface area (TPSA) is 89.5 Å². The number of hydrogen-bond acceptors (Lipinski definition) is 4. The maximum atomic E-state index is 12.5. The zero-order chi connectivity index (χ0) is 15.6. The lowest BCUT2D eigenvalue weighted by atomic mass is 9.90. The van der Waals surface area contributed by atoms with Gasteiger partial charge in [0.2, 0.25) is 0 Å². The lowest BCUT2D eigenvalue weighted by Gasteiger charge is -2.36. The van der Waals surface area contributed by atoms with Crippen LogP contribution in [-0.2, 0) is 0 Å². The average Bonchev–Trinajstić information content (AvgIpc) is 2.47. The Kier molecular flexibility index (Phi) is 4.57. The largest absolute Gasteiger partial charge is 0.338 e. The van der Waals surface area contributed by atoms with Crippen LogP contribution < -0.4 is 5.73 Å². The first-order valence-corrected chi connectivity index (χ1v) is 7.24. The summed E-state index contributed by atoms with van der Waals surface area (Å²) in [6.45, 7) is 4.96. The summed E-state index contributed by atoms with van der Waals surface area (Å²) in [7, 11) is 0. The Morgan fingerprint density at radius 1 is 1.52 bits per heavy atom. The van der Waals surface area contributed by atoms with E-state index < -0.39 is 4.92 Å². The molecule has 1 aliphatic rings. The number of amides is 1. The van der Waals surface area contributed by atoms with Crippen LogP contribution in [0.15, 0.2) is 18.2 Å². The molecular weight excluding hydrogens is 270 g/mol. The first kappa shape index (κ1) is 15.4. The maximum Gasteiger partial charge on any atom is 0.273 e. The standard InChI is InChI=1S/C15H21N3O3/c1-3-11-9-17(7-6-13(11)16)15(19)12-5-4-10(2)14(8-12)18(20)21/h4-5,8,11,13H,3,6-7,9,16H2,1-2H3. The number of nitro benzene ring substituents is 1. The summed E-state index contributed by atoms with van der Waals surface area (Å²) >= 11 is 0. The molecule has 2 N–H and O–H groups in total. The van der Waals surface area contributed by atoms with Crippen LogP contribution in [-0.4, -0.2) is 34.9 Å². The van der Waals surface area contributed by atoms with E-state index in [0.717, 1.165) is 12.8 Å². The molecule has 1 aromatic rings. The molecule has 6 nitrogen and oxygen atoms in total. The van der Waals surface area contributed by atoms with Crippen molar-refractivity contribution in [3.8, 4) is 0 Å². The Bertz CT molecular complexity index is 559. The van der Waals surface area contributed by atoms with Crippen molar-refractivity contribution >= 4 is 11.6 Å². The summed E-state index contributed by atoms with van der Waals surface area (Å²) < 4.78 is 0. The number of piperidine rings is 1. The lowest BCUT2D eigenvalue weighted by molar-refractivity contribution is -0.385. The van der Waals surface area contributed by atoms with Gasteiger partial charge in [-0.1, -0.05) is 19.4 Å². The predicted molar refractivity (Wildman–Crippen MR) is 80.1 cm³/mol. The Morgan fingerprint density at radius 3 is 2.86 bits per heavy atom. The van der Waals surface area contributed by atoms with Gasteiger partial charge in [-0.2, -0.15) is 0 Å². The van der Waals surface area contributed by atoms with Crippen LogP contribution in [0.25, 0.3) is 0 Å². The Labute approximate surface area is 124 Å². The molecule has 114 valence electrons. The van der Waals surface area contributed by atoms with E-state index in [1.807, 2.05) is 0 Å². The molecule has 2 atom stereocenters. The Balaban J connectivity index is 2.20. The number of likely N-dealkylation sites (tertiary alicyclic amines) is 1. The van der Waals surface area contributed by atoms with E-state index in [1.54, 1.807) is 24.0 Å². The van der Waals surface area contributed by atoms with Crippen LogP contribution in [0.1, 0.15) is 35.7 Å². The van der Waals surface area contributed by atoms with Gasteiger partial charge in [-0.25, -0.2) is 0 Å². The third kappa shape index (κ3) is 3.21. The van der Waals surface area contributed by atoms with Crippen molar-refractivity contribution in [2.24, 2.45) is 11.7 Å². The predicted octanol–water partition coefficient (Wildman–Crippen LogP) is 2.10. The number of nitro groups is 1. The second-order valence-corrected chi connectivity index (χ2v) is 5.63. The molecule has 0 bridgehead atoms. The second kappa shape index (κ2) is 6.22. The van der Waals surface area contributed by atoms with Crippen LogP contribution in [0.4, 0.5) is 5.69 Å².